The Labute approximate surface area is 96.9 Å². The number of halogens is 1. The Morgan fingerprint density at radius 1 is 1.19 bits per heavy atom. The summed E-state index contributed by atoms with van der Waals surface area (Å²) < 4.78 is 13.9. The molecule has 0 amide bonds. The molecule has 0 heterocycles. The van der Waals surface area contributed by atoms with Crippen LogP contribution in [0.15, 0.2) is 18.2 Å². The summed E-state index contributed by atoms with van der Waals surface area (Å²) >= 11 is 0. The molecular formula is C14H20FN. The maximum Gasteiger partial charge on any atom is 0.126 e. The average Bonchev–Trinajstić information content (AvgIpc) is 2.31. The van der Waals surface area contributed by atoms with Crippen LogP contribution in [0, 0.1) is 5.82 Å². The molecule has 1 fully saturated rings. The molecule has 1 aromatic carbocycles. The van der Waals surface area contributed by atoms with Crippen LogP contribution in [0.5, 0.6) is 0 Å². The smallest absolute Gasteiger partial charge is 0.126 e. The van der Waals surface area contributed by atoms with Crippen LogP contribution in [0.1, 0.15) is 49.1 Å². The first-order valence-electron chi connectivity index (χ1n) is 6.29. The summed E-state index contributed by atoms with van der Waals surface area (Å²) in [5, 5.41) is 0. The molecule has 0 saturated heterocycles. The summed E-state index contributed by atoms with van der Waals surface area (Å²) in [6.07, 6.45) is 6.86. The molecule has 1 saturated carbocycles. The Morgan fingerprint density at radius 2 is 1.94 bits per heavy atom. The highest BCUT2D eigenvalue weighted by atomic mass is 19.1. The quantitative estimate of drug-likeness (QED) is 0.832. The minimum atomic E-state index is -0.0298. The van der Waals surface area contributed by atoms with Crippen LogP contribution in [0.25, 0.3) is 0 Å². The first-order chi connectivity index (χ1) is 7.81. The Balaban J connectivity index is 2.14. The van der Waals surface area contributed by atoms with Crippen molar-refractivity contribution in [2.24, 2.45) is 5.73 Å². The fourth-order valence-electron chi connectivity index (χ4n) is 2.64. The molecule has 2 rings (SSSR count). The lowest BCUT2D eigenvalue weighted by molar-refractivity contribution is 0.429. The SMILES string of the molecule is NCCc1ccc(C2CCCCC2)c(F)c1. The molecule has 1 aliphatic carbocycles. The predicted molar refractivity (Wildman–Crippen MR) is 65.0 cm³/mol. The van der Waals surface area contributed by atoms with Crippen LogP contribution in [0.4, 0.5) is 4.39 Å². The molecule has 0 radical (unpaired) electrons. The van der Waals surface area contributed by atoms with E-state index >= 15 is 0 Å². The first kappa shape index (κ1) is 11.6. The highest BCUT2D eigenvalue weighted by molar-refractivity contribution is 5.27. The summed E-state index contributed by atoms with van der Waals surface area (Å²) in [4.78, 5) is 0. The van der Waals surface area contributed by atoms with Crippen LogP contribution in [0.2, 0.25) is 0 Å². The normalized spacial score (nSPS) is 17.6. The molecule has 2 N–H and O–H groups in total. The number of benzene rings is 1. The zero-order chi connectivity index (χ0) is 11.4. The third kappa shape index (κ3) is 2.62. The molecule has 1 aliphatic rings. The van der Waals surface area contributed by atoms with E-state index in [1.54, 1.807) is 6.07 Å². The van der Waals surface area contributed by atoms with Gasteiger partial charge in [-0.15, -0.1) is 0 Å². The lowest BCUT2D eigenvalue weighted by Gasteiger charge is -2.22. The van der Waals surface area contributed by atoms with Gasteiger partial charge in [0.1, 0.15) is 5.82 Å². The third-order valence-electron chi connectivity index (χ3n) is 3.54. The largest absolute Gasteiger partial charge is 0.330 e. The van der Waals surface area contributed by atoms with Gasteiger partial charge >= 0.3 is 0 Å². The van der Waals surface area contributed by atoms with Crippen molar-refractivity contribution in [3.05, 3.63) is 35.1 Å². The van der Waals surface area contributed by atoms with Crippen LogP contribution in [-0.2, 0) is 6.42 Å². The van der Waals surface area contributed by atoms with E-state index in [1.807, 2.05) is 12.1 Å². The van der Waals surface area contributed by atoms with Gasteiger partial charge in [0, 0.05) is 0 Å². The summed E-state index contributed by atoms with van der Waals surface area (Å²) in [5.41, 5.74) is 7.40. The van der Waals surface area contributed by atoms with Crippen LogP contribution in [0.3, 0.4) is 0 Å². The maximum atomic E-state index is 13.9. The molecule has 88 valence electrons. The minimum absolute atomic E-state index is 0.0298. The first-order valence-corrected chi connectivity index (χ1v) is 6.29. The number of hydrogen-bond donors (Lipinski definition) is 1. The van der Waals surface area contributed by atoms with E-state index in [9.17, 15) is 4.39 Å². The van der Waals surface area contributed by atoms with Gasteiger partial charge in [0.2, 0.25) is 0 Å². The molecule has 0 bridgehead atoms. The van der Waals surface area contributed by atoms with Gasteiger partial charge in [-0.2, -0.15) is 0 Å². The van der Waals surface area contributed by atoms with Crippen LogP contribution < -0.4 is 5.73 Å². The molecular weight excluding hydrogens is 201 g/mol. The highest BCUT2D eigenvalue weighted by Crippen LogP contribution is 2.34. The van der Waals surface area contributed by atoms with E-state index in [0.717, 1.165) is 30.4 Å². The molecule has 1 nitrogen and oxygen atoms in total. The van der Waals surface area contributed by atoms with Gasteiger partial charge in [-0.3, -0.25) is 0 Å². The fraction of sp³-hybridized carbons (Fsp3) is 0.571. The summed E-state index contributed by atoms with van der Waals surface area (Å²) in [6, 6.07) is 5.66. The standard InChI is InChI=1S/C14H20FN/c15-14-10-11(8-9-16)6-7-13(14)12-4-2-1-3-5-12/h6-7,10,12H,1-5,8-9,16H2. The summed E-state index contributed by atoms with van der Waals surface area (Å²) in [6.45, 7) is 0.586. The molecule has 1 aromatic rings. The van der Waals surface area contributed by atoms with Gasteiger partial charge in [0.05, 0.1) is 0 Å². The van der Waals surface area contributed by atoms with Gasteiger partial charge in [-0.1, -0.05) is 31.4 Å². The Bertz CT molecular complexity index is 343. The van der Waals surface area contributed by atoms with E-state index in [-0.39, 0.29) is 5.82 Å². The van der Waals surface area contributed by atoms with Crippen molar-refractivity contribution in [1.29, 1.82) is 0 Å². The van der Waals surface area contributed by atoms with Crippen molar-refractivity contribution >= 4 is 0 Å². The second-order valence-corrected chi connectivity index (χ2v) is 4.73. The Morgan fingerprint density at radius 3 is 2.56 bits per heavy atom. The molecule has 16 heavy (non-hydrogen) atoms. The van der Waals surface area contributed by atoms with Crippen molar-refractivity contribution in [3.63, 3.8) is 0 Å². The van der Waals surface area contributed by atoms with Gasteiger partial charge in [0.25, 0.3) is 0 Å². The molecule has 0 atom stereocenters. The number of hydrogen-bond acceptors (Lipinski definition) is 1. The van der Waals surface area contributed by atoms with E-state index in [4.69, 9.17) is 5.73 Å². The topological polar surface area (TPSA) is 26.0 Å². The van der Waals surface area contributed by atoms with E-state index < -0.39 is 0 Å². The van der Waals surface area contributed by atoms with Crippen molar-refractivity contribution in [3.8, 4) is 0 Å². The maximum absolute atomic E-state index is 13.9. The lowest BCUT2D eigenvalue weighted by atomic mass is 9.83. The van der Waals surface area contributed by atoms with E-state index in [1.165, 1.54) is 19.3 Å². The number of rotatable bonds is 3. The second kappa shape index (κ2) is 5.44. The van der Waals surface area contributed by atoms with Crippen molar-refractivity contribution in [2.45, 2.75) is 44.4 Å². The predicted octanol–water partition coefficient (Wildman–Crippen LogP) is 3.37. The fourth-order valence-corrected chi connectivity index (χ4v) is 2.64. The van der Waals surface area contributed by atoms with Crippen molar-refractivity contribution in [2.75, 3.05) is 6.54 Å². The summed E-state index contributed by atoms with van der Waals surface area (Å²) in [7, 11) is 0. The lowest BCUT2D eigenvalue weighted by Crippen LogP contribution is -2.08. The molecule has 0 unspecified atom stereocenters. The third-order valence-corrected chi connectivity index (χ3v) is 3.54. The van der Waals surface area contributed by atoms with Gasteiger partial charge in [-0.25, -0.2) is 4.39 Å². The Hall–Kier alpha value is -0.890. The minimum Gasteiger partial charge on any atom is -0.330 e. The second-order valence-electron chi connectivity index (χ2n) is 4.73. The number of nitrogens with two attached hydrogens (primary N) is 1. The molecule has 0 spiro atoms. The molecule has 2 heteroatoms. The Kier molecular flexibility index (Phi) is 3.94. The molecule has 0 aliphatic heterocycles. The van der Waals surface area contributed by atoms with Crippen molar-refractivity contribution < 1.29 is 4.39 Å². The van der Waals surface area contributed by atoms with Gasteiger partial charge < -0.3 is 5.73 Å². The van der Waals surface area contributed by atoms with E-state index in [2.05, 4.69) is 0 Å². The van der Waals surface area contributed by atoms with E-state index in [0.29, 0.717) is 12.5 Å². The highest BCUT2D eigenvalue weighted by Gasteiger charge is 2.18. The van der Waals surface area contributed by atoms with Crippen molar-refractivity contribution in [1.82, 2.24) is 0 Å². The van der Waals surface area contributed by atoms with Gasteiger partial charge in [-0.05, 0) is 48.9 Å². The van der Waals surface area contributed by atoms with Crippen LogP contribution >= 0.6 is 0 Å². The zero-order valence-corrected chi connectivity index (χ0v) is 9.71. The monoisotopic (exact) mass is 221 g/mol. The zero-order valence-electron chi connectivity index (χ0n) is 9.71. The van der Waals surface area contributed by atoms with Crippen LogP contribution in [-0.4, -0.2) is 6.54 Å². The average molecular weight is 221 g/mol. The molecule has 0 aromatic heterocycles. The van der Waals surface area contributed by atoms with Gasteiger partial charge in [0.15, 0.2) is 0 Å². The summed E-state index contributed by atoms with van der Waals surface area (Å²) in [5.74, 6) is 0.415.